The Bertz CT molecular complexity index is 1220. The van der Waals surface area contributed by atoms with Crippen LogP contribution < -0.4 is 9.46 Å². The van der Waals surface area contributed by atoms with Crippen molar-refractivity contribution in [2.45, 2.75) is 22.0 Å². The minimum atomic E-state index is -4.28. The van der Waals surface area contributed by atoms with Crippen LogP contribution in [0.3, 0.4) is 0 Å². The Kier molecular flexibility index (Phi) is 6.30. The highest BCUT2D eigenvalue weighted by molar-refractivity contribution is 7.92. The number of benzene rings is 2. The minimum Gasteiger partial charge on any atom is -0.495 e. The molecule has 7 nitrogen and oxygen atoms in total. The number of hydrogen-bond acceptors (Lipinski definition) is 6. The van der Waals surface area contributed by atoms with Gasteiger partial charge in [-0.2, -0.15) is 0 Å². The SMILES string of the molecule is COc1ccc(F)cc1S(=O)(=O)NC[C@H](c1ccco1)S(=O)(=O)c1ccc(C)cc1. The number of aryl methyl sites for hydroxylation is 1. The molecule has 0 aliphatic rings. The average Bonchev–Trinajstić information content (AvgIpc) is 3.22. The topological polar surface area (TPSA) is 103 Å². The molecule has 0 aliphatic heterocycles. The van der Waals surface area contributed by atoms with Gasteiger partial charge in [-0.3, -0.25) is 0 Å². The monoisotopic (exact) mass is 453 g/mol. The van der Waals surface area contributed by atoms with E-state index in [9.17, 15) is 21.2 Å². The molecule has 2 aromatic carbocycles. The highest BCUT2D eigenvalue weighted by atomic mass is 32.2. The molecule has 0 saturated heterocycles. The lowest BCUT2D eigenvalue weighted by Gasteiger charge is -2.17. The number of halogens is 1. The molecule has 0 fully saturated rings. The van der Waals surface area contributed by atoms with E-state index >= 15 is 0 Å². The van der Waals surface area contributed by atoms with Crippen molar-refractivity contribution in [3.05, 3.63) is 78.0 Å². The molecule has 0 radical (unpaired) electrons. The normalized spacial score (nSPS) is 13.2. The van der Waals surface area contributed by atoms with E-state index in [4.69, 9.17) is 9.15 Å². The Hall–Kier alpha value is -2.69. The molecule has 0 unspecified atom stereocenters. The lowest BCUT2D eigenvalue weighted by atomic mass is 10.2. The van der Waals surface area contributed by atoms with Crippen LogP contribution in [-0.2, 0) is 19.9 Å². The zero-order valence-electron chi connectivity index (χ0n) is 16.2. The van der Waals surface area contributed by atoms with Gasteiger partial charge >= 0.3 is 0 Å². The van der Waals surface area contributed by atoms with Crippen LogP contribution in [0.5, 0.6) is 5.75 Å². The van der Waals surface area contributed by atoms with Crippen molar-refractivity contribution in [1.82, 2.24) is 4.72 Å². The molecule has 3 aromatic rings. The van der Waals surface area contributed by atoms with Gasteiger partial charge in [-0.1, -0.05) is 17.7 Å². The Balaban J connectivity index is 1.96. The van der Waals surface area contributed by atoms with Crippen molar-refractivity contribution in [2.24, 2.45) is 0 Å². The van der Waals surface area contributed by atoms with E-state index in [-0.39, 0.29) is 16.4 Å². The Morgan fingerprint density at radius 2 is 1.77 bits per heavy atom. The standard InChI is InChI=1S/C20H20FNO6S2/c1-14-5-8-16(9-6-14)29(23,24)20(18-4-3-11-28-18)13-22-30(25,26)19-12-15(21)7-10-17(19)27-2/h3-12,20,22H,13H2,1-2H3/t20-/m1/s1. The molecule has 0 bridgehead atoms. The molecule has 1 heterocycles. The molecular weight excluding hydrogens is 433 g/mol. The van der Waals surface area contributed by atoms with Gasteiger partial charge < -0.3 is 9.15 Å². The van der Waals surface area contributed by atoms with Crippen molar-refractivity contribution in [1.29, 1.82) is 0 Å². The molecule has 0 aliphatic carbocycles. The van der Waals surface area contributed by atoms with Crippen LogP contribution in [0.1, 0.15) is 16.6 Å². The molecule has 0 spiro atoms. The molecule has 0 amide bonds. The number of hydrogen-bond donors (Lipinski definition) is 1. The van der Waals surface area contributed by atoms with Crippen LogP contribution in [-0.4, -0.2) is 30.5 Å². The van der Waals surface area contributed by atoms with Gasteiger partial charge in [0.25, 0.3) is 0 Å². The van der Waals surface area contributed by atoms with Crippen LogP contribution in [0.15, 0.2) is 75.1 Å². The fraction of sp³-hybridized carbons (Fsp3) is 0.200. The summed E-state index contributed by atoms with van der Waals surface area (Å²) < 4.78 is 78.0. The van der Waals surface area contributed by atoms with Crippen molar-refractivity contribution in [3.8, 4) is 5.75 Å². The van der Waals surface area contributed by atoms with Gasteiger partial charge in [-0.15, -0.1) is 0 Å². The number of rotatable bonds is 8. The molecule has 30 heavy (non-hydrogen) atoms. The molecule has 10 heteroatoms. The van der Waals surface area contributed by atoms with Crippen LogP contribution in [0.2, 0.25) is 0 Å². The lowest BCUT2D eigenvalue weighted by molar-refractivity contribution is 0.400. The van der Waals surface area contributed by atoms with Crippen molar-refractivity contribution >= 4 is 19.9 Å². The molecule has 1 aromatic heterocycles. The Labute approximate surface area is 174 Å². The molecular formula is C20H20FNO6S2. The van der Waals surface area contributed by atoms with Gasteiger partial charge in [0.2, 0.25) is 10.0 Å². The molecule has 1 N–H and O–H groups in total. The number of furan rings is 1. The molecule has 0 saturated carbocycles. The second-order valence-corrected chi connectivity index (χ2v) is 10.4. The van der Waals surface area contributed by atoms with Gasteiger partial charge in [-0.25, -0.2) is 25.9 Å². The summed E-state index contributed by atoms with van der Waals surface area (Å²) in [5.41, 5.74) is 0.877. The highest BCUT2D eigenvalue weighted by Gasteiger charge is 2.33. The summed E-state index contributed by atoms with van der Waals surface area (Å²) in [6.07, 6.45) is 1.30. The smallest absolute Gasteiger partial charge is 0.244 e. The number of sulfonamides is 1. The van der Waals surface area contributed by atoms with Gasteiger partial charge in [0.05, 0.1) is 18.3 Å². The summed E-state index contributed by atoms with van der Waals surface area (Å²) in [6, 6.07) is 12.2. The second-order valence-electron chi connectivity index (χ2n) is 6.51. The van der Waals surface area contributed by atoms with E-state index in [0.717, 1.165) is 17.7 Å². The van der Waals surface area contributed by atoms with E-state index in [1.807, 2.05) is 6.92 Å². The van der Waals surface area contributed by atoms with E-state index in [2.05, 4.69) is 4.72 Å². The number of nitrogens with one attached hydrogen (secondary N) is 1. The van der Waals surface area contributed by atoms with Gasteiger partial charge in [0, 0.05) is 6.54 Å². The third-order valence-corrected chi connectivity index (χ3v) is 7.98. The zero-order valence-corrected chi connectivity index (χ0v) is 17.8. The Morgan fingerprint density at radius 1 is 1.07 bits per heavy atom. The number of sulfone groups is 1. The predicted molar refractivity (Wildman–Crippen MR) is 108 cm³/mol. The van der Waals surface area contributed by atoms with Gasteiger partial charge in [0.15, 0.2) is 9.84 Å². The first kappa shape index (κ1) is 22.0. The summed E-state index contributed by atoms with van der Waals surface area (Å²) >= 11 is 0. The number of methoxy groups -OCH3 is 1. The molecule has 3 rings (SSSR count). The predicted octanol–water partition coefficient (Wildman–Crippen LogP) is 3.23. The lowest BCUT2D eigenvalue weighted by Crippen LogP contribution is -2.32. The average molecular weight is 454 g/mol. The molecule has 1 atom stereocenters. The first-order valence-electron chi connectivity index (χ1n) is 8.82. The molecule has 160 valence electrons. The first-order chi connectivity index (χ1) is 14.1. The van der Waals surface area contributed by atoms with Gasteiger partial charge in [-0.05, 0) is 49.4 Å². The van der Waals surface area contributed by atoms with Crippen molar-refractivity contribution < 1.29 is 30.4 Å². The Morgan fingerprint density at radius 3 is 2.37 bits per heavy atom. The summed E-state index contributed by atoms with van der Waals surface area (Å²) in [7, 11) is -7.03. The quantitative estimate of drug-likeness (QED) is 0.562. The van der Waals surface area contributed by atoms with Crippen molar-refractivity contribution in [3.63, 3.8) is 0 Å². The maximum atomic E-state index is 13.6. The van der Waals surface area contributed by atoms with Crippen LogP contribution >= 0.6 is 0 Å². The third-order valence-electron chi connectivity index (χ3n) is 4.46. The van der Waals surface area contributed by atoms with E-state index in [1.165, 1.54) is 43.7 Å². The number of ether oxygens (including phenoxy) is 1. The highest BCUT2D eigenvalue weighted by Crippen LogP contribution is 2.30. The fourth-order valence-corrected chi connectivity index (χ4v) is 5.77. The van der Waals surface area contributed by atoms with Gasteiger partial charge in [0.1, 0.15) is 27.5 Å². The van der Waals surface area contributed by atoms with E-state index in [0.29, 0.717) is 0 Å². The van der Waals surface area contributed by atoms with E-state index in [1.54, 1.807) is 12.1 Å². The van der Waals surface area contributed by atoms with Crippen LogP contribution in [0, 0.1) is 12.7 Å². The maximum absolute atomic E-state index is 13.6. The summed E-state index contributed by atoms with van der Waals surface area (Å²) in [5.74, 6) is -0.768. The summed E-state index contributed by atoms with van der Waals surface area (Å²) in [5, 5.41) is -1.33. The van der Waals surface area contributed by atoms with Crippen LogP contribution in [0.4, 0.5) is 4.39 Å². The van der Waals surface area contributed by atoms with Crippen molar-refractivity contribution in [2.75, 3.05) is 13.7 Å². The van der Waals surface area contributed by atoms with Crippen LogP contribution in [0.25, 0.3) is 0 Å². The maximum Gasteiger partial charge on any atom is 0.244 e. The largest absolute Gasteiger partial charge is 0.495 e. The first-order valence-corrected chi connectivity index (χ1v) is 11.9. The summed E-state index contributed by atoms with van der Waals surface area (Å²) in [4.78, 5) is -0.409. The third kappa shape index (κ3) is 4.55. The summed E-state index contributed by atoms with van der Waals surface area (Å²) in [6.45, 7) is 1.30. The second kappa shape index (κ2) is 8.58. The minimum absolute atomic E-state index is 0.0250. The fourth-order valence-electron chi connectivity index (χ4n) is 2.85. The van der Waals surface area contributed by atoms with E-state index < -0.39 is 42.4 Å². The zero-order chi connectivity index (χ0) is 21.9.